The van der Waals surface area contributed by atoms with Crippen molar-refractivity contribution in [1.82, 2.24) is 5.32 Å². The van der Waals surface area contributed by atoms with E-state index in [2.05, 4.69) is 10.6 Å². The highest BCUT2D eigenvalue weighted by molar-refractivity contribution is 6.34. The first-order valence-electron chi connectivity index (χ1n) is 7.79. The smallest absolute Gasteiger partial charge is 0.247 e. The van der Waals surface area contributed by atoms with Gasteiger partial charge in [-0.25, -0.2) is 0 Å². The quantitative estimate of drug-likeness (QED) is 0.778. The summed E-state index contributed by atoms with van der Waals surface area (Å²) in [6, 6.07) is 13.4. The van der Waals surface area contributed by atoms with E-state index in [1.807, 2.05) is 30.3 Å². The van der Waals surface area contributed by atoms with Crippen molar-refractivity contribution in [2.45, 2.75) is 26.3 Å². The number of carbonyl (C=O) groups is 3. The largest absolute Gasteiger partial charge is 0.344 e. The van der Waals surface area contributed by atoms with Gasteiger partial charge in [0.15, 0.2) is 5.78 Å². The maximum Gasteiger partial charge on any atom is 0.247 e. The Bertz CT molecular complexity index is 791. The molecule has 0 aliphatic rings. The third kappa shape index (κ3) is 5.43. The number of halogens is 1. The SMILES string of the molecule is CC(=O)NC(Cc1ccccc1)C(=O)Nc1ccc(Cl)c(C(C)=O)c1. The van der Waals surface area contributed by atoms with E-state index < -0.39 is 6.04 Å². The molecule has 0 aliphatic heterocycles. The predicted octanol–water partition coefficient (Wildman–Crippen LogP) is 3.23. The van der Waals surface area contributed by atoms with E-state index in [-0.39, 0.29) is 17.6 Å². The Morgan fingerprint density at radius 1 is 1.04 bits per heavy atom. The van der Waals surface area contributed by atoms with Crippen LogP contribution in [0, 0.1) is 0 Å². The molecule has 0 heterocycles. The first-order valence-corrected chi connectivity index (χ1v) is 8.17. The van der Waals surface area contributed by atoms with E-state index in [0.29, 0.717) is 22.7 Å². The number of rotatable bonds is 6. The summed E-state index contributed by atoms with van der Waals surface area (Å²) in [5, 5.41) is 5.71. The molecular weight excluding hydrogens is 340 g/mol. The van der Waals surface area contributed by atoms with E-state index in [4.69, 9.17) is 11.6 Å². The molecule has 0 radical (unpaired) electrons. The lowest BCUT2D eigenvalue weighted by atomic mass is 10.0. The van der Waals surface area contributed by atoms with Gasteiger partial charge >= 0.3 is 0 Å². The molecule has 2 aromatic carbocycles. The van der Waals surface area contributed by atoms with Crippen LogP contribution in [0.3, 0.4) is 0 Å². The minimum atomic E-state index is -0.726. The van der Waals surface area contributed by atoms with Crippen LogP contribution < -0.4 is 10.6 Å². The predicted molar refractivity (Wildman–Crippen MR) is 97.8 cm³/mol. The van der Waals surface area contributed by atoms with E-state index >= 15 is 0 Å². The minimum Gasteiger partial charge on any atom is -0.344 e. The highest BCUT2D eigenvalue weighted by atomic mass is 35.5. The van der Waals surface area contributed by atoms with Crippen molar-refractivity contribution in [3.8, 4) is 0 Å². The molecule has 1 atom stereocenters. The van der Waals surface area contributed by atoms with Crippen LogP contribution in [0.4, 0.5) is 5.69 Å². The van der Waals surface area contributed by atoms with Gasteiger partial charge < -0.3 is 10.6 Å². The number of hydrogen-bond acceptors (Lipinski definition) is 3. The summed E-state index contributed by atoms with van der Waals surface area (Å²) in [5.41, 5.74) is 1.71. The normalized spacial score (nSPS) is 11.5. The lowest BCUT2D eigenvalue weighted by Gasteiger charge is -2.18. The molecule has 1 unspecified atom stereocenters. The van der Waals surface area contributed by atoms with Gasteiger partial charge in [-0.05, 0) is 30.7 Å². The van der Waals surface area contributed by atoms with Crippen molar-refractivity contribution in [3.63, 3.8) is 0 Å². The number of anilines is 1. The molecule has 0 aliphatic carbocycles. The fourth-order valence-corrected chi connectivity index (χ4v) is 2.66. The van der Waals surface area contributed by atoms with E-state index in [1.54, 1.807) is 12.1 Å². The van der Waals surface area contributed by atoms with Crippen molar-refractivity contribution in [2.75, 3.05) is 5.32 Å². The van der Waals surface area contributed by atoms with E-state index in [1.165, 1.54) is 19.9 Å². The molecule has 2 rings (SSSR count). The summed E-state index contributed by atoms with van der Waals surface area (Å²) in [7, 11) is 0. The zero-order valence-corrected chi connectivity index (χ0v) is 14.8. The Hall–Kier alpha value is -2.66. The zero-order chi connectivity index (χ0) is 18.4. The Morgan fingerprint density at radius 2 is 1.72 bits per heavy atom. The van der Waals surface area contributed by atoms with Crippen LogP contribution in [0.1, 0.15) is 29.8 Å². The van der Waals surface area contributed by atoms with Gasteiger partial charge in [0.2, 0.25) is 11.8 Å². The molecule has 2 N–H and O–H groups in total. The number of ketones is 1. The number of benzene rings is 2. The van der Waals surface area contributed by atoms with Crippen LogP contribution in [-0.2, 0) is 16.0 Å². The molecule has 25 heavy (non-hydrogen) atoms. The van der Waals surface area contributed by atoms with Gasteiger partial charge in [-0.15, -0.1) is 0 Å². The van der Waals surface area contributed by atoms with Crippen molar-refractivity contribution < 1.29 is 14.4 Å². The Morgan fingerprint density at radius 3 is 2.32 bits per heavy atom. The fourth-order valence-electron chi connectivity index (χ4n) is 2.41. The van der Waals surface area contributed by atoms with Gasteiger partial charge in [0.1, 0.15) is 6.04 Å². The molecule has 5 nitrogen and oxygen atoms in total. The summed E-state index contributed by atoms with van der Waals surface area (Å²) < 4.78 is 0. The molecule has 0 aromatic heterocycles. The fraction of sp³-hybridized carbons (Fsp3) is 0.211. The molecule has 130 valence electrons. The molecule has 0 bridgehead atoms. The highest BCUT2D eigenvalue weighted by Gasteiger charge is 2.20. The first kappa shape index (κ1) is 18.7. The second kappa shape index (κ2) is 8.44. The van der Waals surface area contributed by atoms with Crippen molar-refractivity contribution in [1.29, 1.82) is 0 Å². The second-order valence-electron chi connectivity index (χ2n) is 5.68. The van der Waals surface area contributed by atoms with Crippen LogP contribution in [0.2, 0.25) is 5.02 Å². The monoisotopic (exact) mass is 358 g/mol. The molecule has 0 spiro atoms. The summed E-state index contributed by atoms with van der Waals surface area (Å²) in [6.45, 7) is 2.77. The Balaban J connectivity index is 2.17. The third-order valence-corrected chi connectivity index (χ3v) is 3.92. The lowest BCUT2D eigenvalue weighted by molar-refractivity contribution is -0.125. The van der Waals surface area contributed by atoms with Gasteiger partial charge in [-0.1, -0.05) is 41.9 Å². The van der Waals surface area contributed by atoms with Gasteiger partial charge in [-0.3, -0.25) is 14.4 Å². The number of amides is 2. The summed E-state index contributed by atoms with van der Waals surface area (Å²) >= 11 is 5.98. The third-order valence-electron chi connectivity index (χ3n) is 3.59. The number of carbonyl (C=O) groups excluding carboxylic acids is 3. The number of Topliss-reactive ketones (excluding diaryl/α,β-unsaturated/α-hetero) is 1. The summed E-state index contributed by atoms with van der Waals surface area (Å²) in [4.78, 5) is 35.6. The summed E-state index contributed by atoms with van der Waals surface area (Å²) in [6.07, 6.45) is 0.361. The van der Waals surface area contributed by atoms with Crippen LogP contribution in [0.25, 0.3) is 0 Å². The Kier molecular flexibility index (Phi) is 6.31. The van der Waals surface area contributed by atoms with Gasteiger partial charge in [-0.2, -0.15) is 0 Å². The molecular formula is C19H19ClN2O3. The molecule has 0 saturated heterocycles. The maximum atomic E-state index is 12.6. The average Bonchev–Trinajstić information content (AvgIpc) is 2.56. The standard InChI is InChI=1S/C19H19ClN2O3/c1-12(23)16-11-15(8-9-17(16)20)22-19(25)18(21-13(2)24)10-14-6-4-3-5-7-14/h3-9,11,18H,10H2,1-2H3,(H,21,24)(H,22,25). The van der Waals surface area contributed by atoms with Gasteiger partial charge in [0.05, 0.1) is 5.02 Å². The van der Waals surface area contributed by atoms with Crippen molar-refractivity contribution >= 4 is 34.9 Å². The van der Waals surface area contributed by atoms with Crippen LogP contribution in [0.15, 0.2) is 48.5 Å². The zero-order valence-electron chi connectivity index (χ0n) is 14.0. The highest BCUT2D eigenvalue weighted by Crippen LogP contribution is 2.21. The second-order valence-corrected chi connectivity index (χ2v) is 6.09. The summed E-state index contributed by atoms with van der Waals surface area (Å²) in [5.74, 6) is -0.851. The molecule has 6 heteroatoms. The minimum absolute atomic E-state index is 0.191. The molecule has 2 aromatic rings. The van der Waals surface area contributed by atoms with Crippen molar-refractivity contribution in [2.24, 2.45) is 0 Å². The Labute approximate surface area is 151 Å². The van der Waals surface area contributed by atoms with Crippen molar-refractivity contribution in [3.05, 3.63) is 64.7 Å². The number of nitrogens with one attached hydrogen (secondary N) is 2. The maximum absolute atomic E-state index is 12.6. The molecule has 0 fully saturated rings. The molecule has 2 amide bonds. The first-order chi connectivity index (χ1) is 11.9. The van der Waals surface area contributed by atoms with E-state index in [0.717, 1.165) is 5.56 Å². The van der Waals surface area contributed by atoms with Gasteiger partial charge in [0, 0.05) is 24.6 Å². The topological polar surface area (TPSA) is 75.3 Å². The van der Waals surface area contributed by atoms with Crippen LogP contribution in [0.5, 0.6) is 0 Å². The van der Waals surface area contributed by atoms with Gasteiger partial charge in [0.25, 0.3) is 0 Å². The molecule has 0 saturated carbocycles. The van der Waals surface area contributed by atoms with Crippen LogP contribution >= 0.6 is 11.6 Å². The van der Waals surface area contributed by atoms with E-state index in [9.17, 15) is 14.4 Å². The van der Waals surface area contributed by atoms with Crippen LogP contribution in [-0.4, -0.2) is 23.6 Å². The number of hydrogen-bond donors (Lipinski definition) is 2. The lowest BCUT2D eigenvalue weighted by Crippen LogP contribution is -2.44. The average molecular weight is 359 g/mol.